The Morgan fingerprint density at radius 2 is 0.683 bits per heavy atom. The summed E-state index contributed by atoms with van der Waals surface area (Å²) < 4.78 is 15.5. The minimum absolute atomic E-state index is 0.116. The number of rotatable bonds is 16. The average Bonchev–Trinajstić information content (AvgIpc) is 4.11. The summed E-state index contributed by atoms with van der Waals surface area (Å²) in [4.78, 5) is 26.0. The maximum atomic E-state index is 10.9. The molecule has 8 nitrogen and oxygen atoms in total. The molecule has 4 aliphatic rings. The van der Waals surface area contributed by atoms with Crippen LogP contribution in [0.4, 0.5) is 11.4 Å². The van der Waals surface area contributed by atoms with Gasteiger partial charge in [-0.1, -0.05) is 122 Å². The van der Waals surface area contributed by atoms with E-state index in [0.29, 0.717) is 0 Å². The van der Waals surface area contributed by atoms with Crippen molar-refractivity contribution in [2.24, 2.45) is 0 Å². The van der Waals surface area contributed by atoms with Gasteiger partial charge in [0.15, 0.2) is 0 Å². The highest BCUT2D eigenvalue weighted by molar-refractivity contribution is 8.43. The summed E-state index contributed by atoms with van der Waals surface area (Å²) in [6, 6.07) is 13.4. The zero-order valence-electron chi connectivity index (χ0n) is 32.9. The SMILES string of the molecule is CCCSC1=C(SCCC)SC(=C2Sc3cn(-c4ccc([N+](=O)[O-])cc4)cc3S2)S1.CCCSC1=C(SCCC)SC(=C2Sc3cn(-c4ccc([N+](=O)[O-])cc4)cc3S2)S1. The van der Waals surface area contributed by atoms with Crippen LogP contribution in [0.3, 0.4) is 0 Å². The van der Waals surface area contributed by atoms with Crippen LogP contribution >= 0.6 is 141 Å². The number of nitro groups is 2. The third-order valence-electron chi connectivity index (χ3n) is 8.20. The molecule has 20 heteroatoms. The quantitative estimate of drug-likeness (QED) is 0.0786. The van der Waals surface area contributed by atoms with Crippen molar-refractivity contribution in [1.82, 2.24) is 9.13 Å². The van der Waals surface area contributed by atoms with E-state index in [-0.39, 0.29) is 21.2 Å². The molecule has 60 heavy (non-hydrogen) atoms. The zero-order valence-corrected chi connectivity index (χ0v) is 42.7. The molecule has 0 aliphatic carbocycles. The highest BCUT2D eigenvalue weighted by Gasteiger charge is 2.31. The van der Waals surface area contributed by atoms with Gasteiger partial charge in [0, 0.05) is 80.0 Å². The number of nitrogens with zero attached hydrogens (tertiary/aromatic N) is 4. The van der Waals surface area contributed by atoms with Gasteiger partial charge in [0.1, 0.15) is 0 Å². The summed E-state index contributed by atoms with van der Waals surface area (Å²) in [5.74, 6) is 4.68. The molecule has 0 saturated heterocycles. The van der Waals surface area contributed by atoms with Crippen LogP contribution in [0.2, 0.25) is 0 Å². The Labute approximate surface area is 402 Å². The smallest absolute Gasteiger partial charge is 0.269 e. The third-order valence-corrected chi connectivity index (χ3v) is 26.1. The molecule has 4 aromatic rings. The first kappa shape index (κ1) is 46.9. The average molecular weight is 1030 g/mol. The Morgan fingerprint density at radius 1 is 0.433 bits per heavy atom. The van der Waals surface area contributed by atoms with Crippen LogP contribution in [0.1, 0.15) is 53.4 Å². The third kappa shape index (κ3) is 11.8. The van der Waals surface area contributed by atoms with Gasteiger partial charge >= 0.3 is 0 Å². The van der Waals surface area contributed by atoms with Gasteiger partial charge in [0.05, 0.1) is 43.7 Å². The van der Waals surface area contributed by atoms with E-state index in [1.807, 2.05) is 150 Å². The lowest BCUT2D eigenvalue weighted by Crippen LogP contribution is -1.92. The van der Waals surface area contributed by atoms with Crippen LogP contribution in [0.15, 0.2) is 127 Å². The van der Waals surface area contributed by atoms with Gasteiger partial charge < -0.3 is 9.13 Å². The second-order valence-corrected chi connectivity index (χ2v) is 27.6. The zero-order chi connectivity index (χ0) is 42.2. The number of hydrogen-bond acceptors (Lipinski definition) is 16. The van der Waals surface area contributed by atoms with E-state index in [1.54, 1.807) is 48.5 Å². The molecule has 2 aromatic carbocycles. The molecule has 2 aromatic heterocycles. The fourth-order valence-corrected chi connectivity index (χ4v) is 22.4. The van der Waals surface area contributed by atoms with Gasteiger partial charge in [0.25, 0.3) is 11.4 Å². The van der Waals surface area contributed by atoms with Crippen molar-refractivity contribution >= 4 is 153 Å². The van der Waals surface area contributed by atoms with E-state index in [2.05, 4.69) is 52.5 Å². The van der Waals surface area contributed by atoms with Gasteiger partial charge in [-0.05, 0) is 73.0 Å². The van der Waals surface area contributed by atoms with E-state index in [1.165, 1.54) is 102 Å². The van der Waals surface area contributed by atoms with Crippen LogP contribution in [0.25, 0.3) is 11.4 Å². The van der Waals surface area contributed by atoms with Crippen molar-refractivity contribution in [3.05, 3.63) is 127 Å². The summed E-state index contributed by atoms with van der Waals surface area (Å²) >= 11 is 23.1. The second-order valence-electron chi connectivity index (χ2n) is 12.8. The maximum Gasteiger partial charge on any atom is 0.269 e. The molecule has 4 aliphatic heterocycles. The van der Waals surface area contributed by atoms with Crippen molar-refractivity contribution < 1.29 is 9.85 Å². The lowest BCUT2D eigenvalue weighted by atomic mass is 10.3. The van der Waals surface area contributed by atoms with Gasteiger partial charge in [-0.15, -0.1) is 47.0 Å². The first-order chi connectivity index (χ1) is 29.2. The van der Waals surface area contributed by atoms with Crippen molar-refractivity contribution in [1.29, 1.82) is 0 Å². The molecule has 0 radical (unpaired) electrons. The lowest BCUT2D eigenvalue weighted by Gasteiger charge is -2.04. The first-order valence-electron chi connectivity index (χ1n) is 19.0. The van der Waals surface area contributed by atoms with Gasteiger partial charge in [-0.3, -0.25) is 20.2 Å². The molecule has 6 heterocycles. The minimum atomic E-state index is -0.366. The van der Waals surface area contributed by atoms with E-state index in [0.717, 1.165) is 11.4 Å². The predicted octanol–water partition coefficient (Wildman–Crippen LogP) is 17.2. The number of nitro benzene ring substituents is 2. The predicted molar refractivity (Wildman–Crippen MR) is 278 cm³/mol. The maximum absolute atomic E-state index is 10.9. The molecule has 0 unspecified atom stereocenters. The number of hydrogen-bond donors (Lipinski definition) is 0. The highest BCUT2D eigenvalue weighted by atomic mass is 32.3. The summed E-state index contributed by atoms with van der Waals surface area (Å²) in [5.41, 5.74) is 2.11. The van der Waals surface area contributed by atoms with Crippen molar-refractivity contribution in [2.45, 2.75) is 73.0 Å². The number of aromatic nitrogens is 2. The van der Waals surface area contributed by atoms with E-state index in [9.17, 15) is 20.2 Å². The van der Waals surface area contributed by atoms with E-state index in [4.69, 9.17) is 0 Å². The second kappa shape index (κ2) is 22.7. The number of non-ortho nitro benzene ring substituents is 2. The van der Waals surface area contributed by atoms with Gasteiger partial charge in [-0.2, -0.15) is 0 Å². The Morgan fingerprint density at radius 3 is 0.917 bits per heavy atom. The topological polar surface area (TPSA) is 96.1 Å². The molecule has 316 valence electrons. The summed E-state index contributed by atoms with van der Waals surface area (Å²) in [6.45, 7) is 8.94. The molecular weight excluding hydrogens is 985 g/mol. The van der Waals surface area contributed by atoms with E-state index >= 15 is 0 Å². The van der Waals surface area contributed by atoms with E-state index < -0.39 is 0 Å². The Bertz CT molecular complexity index is 2090. The fraction of sp³-hybridized carbons (Fsp3) is 0.300. The number of fused-ring (bicyclic) bond motifs is 2. The molecule has 8 rings (SSSR count). The molecule has 0 spiro atoms. The molecule has 0 atom stereocenters. The van der Waals surface area contributed by atoms with Crippen LogP contribution in [-0.2, 0) is 0 Å². The Balaban J connectivity index is 0.000000181. The molecule has 0 N–H and O–H groups in total. The molecule has 0 amide bonds. The number of thioether (sulfide) groups is 12. The summed E-state index contributed by atoms with van der Waals surface area (Å²) in [7, 11) is 0. The van der Waals surface area contributed by atoms with Crippen molar-refractivity contribution in [3.63, 3.8) is 0 Å². The molecule has 0 fully saturated rings. The molecule has 0 saturated carbocycles. The summed E-state index contributed by atoms with van der Waals surface area (Å²) in [5, 5.41) is 21.7. The Kier molecular flexibility index (Phi) is 17.8. The van der Waals surface area contributed by atoms with Crippen LogP contribution in [0.5, 0.6) is 0 Å². The molecular formula is C40H40N4O4S12. The van der Waals surface area contributed by atoms with Crippen molar-refractivity contribution in [3.8, 4) is 11.4 Å². The van der Waals surface area contributed by atoms with Gasteiger partial charge in [-0.25, -0.2) is 0 Å². The standard InChI is InChI=1S/2C20H20N2O2S6/c2*1-3-9-25-17-18(26-10-4-2)30-20(29-17)19-27-15-11-21(12-16(15)28-19)13-5-7-14(8-6-13)22(23)24/h2*5-8,11-12H,3-4,9-10H2,1-2H3. The molecule has 0 bridgehead atoms. The largest absolute Gasteiger partial charge is 0.322 e. The fourth-order valence-electron chi connectivity index (χ4n) is 5.38. The Hall–Kier alpha value is -1.04. The van der Waals surface area contributed by atoms with Gasteiger partial charge in [0.2, 0.25) is 0 Å². The first-order valence-corrected chi connectivity index (χ1v) is 29.5. The van der Waals surface area contributed by atoms with Crippen LogP contribution in [-0.4, -0.2) is 42.0 Å². The van der Waals surface area contributed by atoms with Crippen LogP contribution in [0, 0.1) is 20.2 Å². The van der Waals surface area contributed by atoms with Crippen molar-refractivity contribution in [2.75, 3.05) is 23.0 Å². The minimum Gasteiger partial charge on any atom is -0.322 e. The monoisotopic (exact) mass is 1020 g/mol. The highest BCUT2D eigenvalue weighted by Crippen LogP contribution is 2.66. The summed E-state index contributed by atoms with van der Waals surface area (Å²) in [6.07, 6.45) is 13.3. The lowest BCUT2D eigenvalue weighted by molar-refractivity contribution is -0.385. The van der Waals surface area contributed by atoms with Crippen LogP contribution < -0.4 is 0 Å². The number of benzene rings is 2. The normalized spacial score (nSPS) is 15.9.